The molecule has 0 saturated carbocycles. The molecule has 2 unspecified atom stereocenters. The zero-order valence-electron chi connectivity index (χ0n) is 9.54. The molecule has 0 bridgehead atoms. The van der Waals surface area contributed by atoms with Crippen LogP contribution in [0.5, 0.6) is 0 Å². The zero-order chi connectivity index (χ0) is 12.1. The first-order chi connectivity index (χ1) is 7.60. The van der Waals surface area contributed by atoms with Crippen molar-refractivity contribution in [1.29, 1.82) is 0 Å². The van der Waals surface area contributed by atoms with E-state index >= 15 is 0 Å². The Balaban J connectivity index is 2.76. The molecule has 0 fully saturated rings. The van der Waals surface area contributed by atoms with Crippen molar-refractivity contribution in [3.8, 4) is 0 Å². The molecule has 0 aliphatic rings. The van der Waals surface area contributed by atoms with Gasteiger partial charge in [0, 0.05) is 13.2 Å². The maximum atomic E-state index is 13.6. The third-order valence-electron chi connectivity index (χ3n) is 2.67. The fourth-order valence-corrected chi connectivity index (χ4v) is 1.93. The van der Waals surface area contributed by atoms with E-state index < -0.39 is 0 Å². The van der Waals surface area contributed by atoms with Crippen molar-refractivity contribution in [2.75, 3.05) is 7.11 Å². The minimum atomic E-state index is -0.384. The van der Waals surface area contributed by atoms with E-state index in [0.29, 0.717) is 12.0 Å². The summed E-state index contributed by atoms with van der Waals surface area (Å²) in [5.74, 6) is -0.384. The monoisotopic (exact) mass is 245 g/mol. The molecule has 0 radical (unpaired) electrons. The third-order valence-corrected chi connectivity index (χ3v) is 2.96. The Kier molecular flexibility index (Phi) is 5.19. The zero-order valence-corrected chi connectivity index (χ0v) is 10.3. The second-order valence-corrected chi connectivity index (χ2v) is 4.17. The maximum Gasteiger partial charge on any atom is 0.145 e. The minimum absolute atomic E-state index is 0.0571. The molecule has 0 aliphatic heterocycles. The lowest BCUT2D eigenvalue weighted by atomic mass is 10.00. The summed E-state index contributed by atoms with van der Waals surface area (Å²) >= 11 is 5.70. The van der Waals surface area contributed by atoms with Crippen LogP contribution in [0.1, 0.15) is 18.9 Å². The Morgan fingerprint density at radius 3 is 2.75 bits per heavy atom. The van der Waals surface area contributed by atoms with Crippen LogP contribution in [0.2, 0.25) is 5.02 Å². The van der Waals surface area contributed by atoms with Crippen molar-refractivity contribution in [3.05, 3.63) is 34.6 Å². The van der Waals surface area contributed by atoms with Crippen LogP contribution in [0.15, 0.2) is 18.2 Å². The van der Waals surface area contributed by atoms with Crippen molar-refractivity contribution >= 4 is 11.6 Å². The molecule has 0 spiro atoms. The van der Waals surface area contributed by atoms with Crippen LogP contribution < -0.4 is 5.73 Å². The highest BCUT2D eigenvalue weighted by Crippen LogP contribution is 2.19. The lowest BCUT2D eigenvalue weighted by Crippen LogP contribution is -2.37. The van der Waals surface area contributed by atoms with Gasteiger partial charge >= 0.3 is 0 Å². The summed E-state index contributed by atoms with van der Waals surface area (Å²) in [6, 6.07) is 4.73. The van der Waals surface area contributed by atoms with E-state index in [1.54, 1.807) is 19.2 Å². The quantitative estimate of drug-likeness (QED) is 0.866. The summed E-state index contributed by atoms with van der Waals surface area (Å²) in [6.45, 7) is 1.99. The summed E-state index contributed by atoms with van der Waals surface area (Å²) < 4.78 is 18.8. The first-order valence-corrected chi connectivity index (χ1v) is 5.69. The van der Waals surface area contributed by atoms with Gasteiger partial charge in [-0.25, -0.2) is 4.39 Å². The molecule has 16 heavy (non-hydrogen) atoms. The van der Waals surface area contributed by atoms with E-state index in [4.69, 9.17) is 22.1 Å². The largest absolute Gasteiger partial charge is 0.380 e. The molecule has 2 atom stereocenters. The van der Waals surface area contributed by atoms with Gasteiger partial charge in [-0.3, -0.25) is 0 Å². The predicted molar refractivity (Wildman–Crippen MR) is 64.2 cm³/mol. The van der Waals surface area contributed by atoms with Crippen molar-refractivity contribution < 1.29 is 9.13 Å². The van der Waals surface area contributed by atoms with Gasteiger partial charge in [0.05, 0.1) is 11.1 Å². The lowest BCUT2D eigenvalue weighted by molar-refractivity contribution is 0.0771. The number of methoxy groups -OCH3 is 1. The van der Waals surface area contributed by atoms with Crippen LogP contribution in [0.3, 0.4) is 0 Å². The number of hydrogen-bond acceptors (Lipinski definition) is 2. The molecule has 2 N–H and O–H groups in total. The van der Waals surface area contributed by atoms with Gasteiger partial charge in [-0.05, 0) is 24.5 Å². The van der Waals surface area contributed by atoms with Gasteiger partial charge in [-0.15, -0.1) is 0 Å². The molecule has 1 aromatic carbocycles. The van der Waals surface area contributed by atoms with Crippen LogP contribution in [0, 0.1) is 5.82 Å². The number of benzene rings is 1. The van der Waals surface area contributed by atoms with Crippen LogP contribution in [-0.2, 0) is 11.2 Å². The summed E-state index contributed by atoms with van der Waals surface area (Å²) in [5, 5.41) is 0.134. The Labute approximate surface area is 101 Å². The van der Waals surface area contributed by atoms with Gasteiger partial charge in [-0.2, -0.15) is 0 Å². The van der Waals surface area contributed by atoms with Crippen LogP contribution in [0.4, 0.5) is 4.39 Å². The van der Waals surface area contributed by atoms with Crippen molar-refractivity contribution in [1.82, 2.24) is 0 Å². The summed E-state index contributed by atoms with van der Waals surface area (Å²) in [7, 11) is 1.61. The number of nitrogens with two attached hydrogens (primary N) is 1. The molecular weight excluding hydrogens is 229 g/mol. The maximum absolute atomic E-state index is 13.6. The molecule has 0 saturated heterocycles. The van der Waals surface area contributed by atoms with Gasteiger partial charge < -0.3 is 10.5 Å². The van der Waals surface area contributed by atoms with Crippen molar-refractivity contribution in [3.63, 3.8) is 0 Å². The number of halogens is 2. The fraction of sp³-hybridized carbons (Fsp3) is 0.500. The topological polar surface area (TPSA) is 35.2 Å². The van der Waals surface area contributed by atoms with E-state index in [-0.39, 0.29) is 23.0 Å². The Morgan fingerprint density at radius 2 is 2.19 bits per heavy atom. The Morgan fingerprint density at radius 1 is 1.50 bits per heavy atom. The molecule has 0 amide bonds. The van der Waals surface area contributed by atoms with E-state index in [1.165, 1.54) is 6.07 Å². The average Bonchev–Trinajstić information content (AvgIpc) is 2.26. The number of hydrogen-bond donors (Lipinski definition) is 1. The van der Waals surface area contributed by atoms with Gasteiger partial charge in [0.2, 0.25) is 0 Å². The molecule has 1 rings (SSSR count). The van der Waals surface area contributed by atoms with Crippen molar-refractivity contribution in [2.24, 2.45) is 5.73 Å². The Hall–Kier alpha value is -0.640. The molecule has 0 aromatic heterocycles. The fourth-order valence-electron chi connectivity index (χ4n) is 1.74. The van der Waals surface area contributed by atoms with Gasteiger partial charge in [0.1, 0.15) is 5.82 Å². The smallest absolute Gasteiger partial charge is 0.145 e. The molecule has 1 aromatic rings. The van der Waals surface area contributed by atoms with Gasteiger partial charge in [-0.1, -0.05) is 30.7 Å². The van der Waals surface area contributed by atoms with Gasteiger partial charge in [0.25, 0.3) is 0 Å². The van der Waals surface area contributed by atoms with E-state index in [0.717, 1.165) is 6.42 Å². The SMILES string of the molecule is CCC(OC)C(N)Cc1cccc(Cl)c1F. The molecule has 0 aliphatic carbocycles. The highest BCUT2D eigenvalue weighted by atomic mass is 35.5. The first-order valence-electron chi connectivity index (χ1n) is 5.31. The normalized spacial score (nSPS) is 14.8. The predicted octanol–water partition coefficient (Wildman–Crippen LogP) is 2.77. The van der Waals surface area contributed by atoms with Crippen LogP contribution >= 0.6 is 11.6 Å². The third kappa shape index (κ3) is 3.17. The van der Waals surface area contributed by atoms with Crippen LogP contribution in [0.25, 0.3) is 0 Å². The van der Waals surface area contributed by atoms with Gasteiger partial charge in [0.15, 0.2) is 0 Å². The molecule has 90 valence electrons. The summed E-state index contributed by atoms with van der Waals surface area (Å²) in [5.41, 5.74) is 6.49. The summed E-state index contributed by atoms with van der Waals surface area (Å²) in [4.78, 5) is 0. The van der Waals surface area contributed by atoms with E-state index in [1.807, 2.05) is 6.92 Å². The van der Waals surface area contributed by atoms with Crippen LogP contribution in [-0.4, -0.2) is 19.3 Å². The molecule has 0 heterocycles. The minimum Gasteiger partial charge on any atom is -0.380 e. The Bertz CT molecular complexity index is 342. The van der Waals surface area contributed by atoms with E-state index in [2.05, 4.69) is 0 Å². The second-order valence-electron chi connectivity index (χ2n) is 3.76. The number of ether oxygens (including phenoxy) is 1. The highest BCUT2D eigenvalue weighted by molar-refractivity contribution is 6.30. The highest BCUT2D eigenvalue weighted by Gasteiger charge is 2.18. The molecule has 2 nitrogen and oxygen atoms in total. The van der Waals surface area contributed by atoms with E-state index in [9.17, 15) is 4.39 Å². The standard InChI is InChI=1S/C12H17ClFNO/c1-3-11(16-2)10(15)7-8-5-4-6-9(13)12(8)14/h4-6,10-11H,3,7,15H2,1-2H3. The molecule has 4 heteroatoms. The first kappa shape index (κ1) is 13.4. The second kappa shape index (κ2) is 6.18. The van der Waals surface area contributed by atoms with Crippen molar-refractivity contribution in [2.45, 2.75) is 31.9 Å². The molecular formula is C12H17ClFNO. The number of rotatable bonds is 5. The summed E-state index contributed by atoms with van der Waals surface area (Å²) in [6.07, 6.45) is 1.18. The average molecular weight is 246 g/mol. The lowest BCUT2D eigenvalue weighted by Gasteiger charge is -2.21.